The summed E-state index contributed by atoms with van der Waals surface area (Å²) in [5, 5.41) is 0. The molecule has 116 valence electrons. The largest absolute Gasteiger partial charge is 0.371 e. The van der Waals surface area contributed by atoms with E-state index in [2.05, 4.69) is 9.80 Å². The highest BCUT2D eigenvalue weighted by molar-refractivity contribution is 5.48. The fourth-order valence-corrected chi connectivity index (χ4v) is 3.67. The molecular formula is C17H26FN3. The van der Waals surface area contributed by atoms with Crippen LogP contribution in [0.4, 0.5) is 10.1 Å². The van der Waals surface area contributed by atoms with Gasteiger partial charge in [-0.15, -0.1) is 0 Å². The van der Waals surface area contributed by atoms with Crippen molar-refractivity contribution in [2.75, 3.05) is 31.1 Å². The Hall–Kier alpha value is -1.13. The van der Waals surface area contributed by atoms with Gasteiger partial charge in [-0.25, -0.2) is 4.39 Å². The van der Waals surface area contributed by atoms with Crippen molar-refractivity contribution < 1.29 is 4.39 Å². The standard InChI is InChI=1S/C17H26FN3/c18-17-12-16(5-4-14(17)13-19)21-10-6-15(7-11-21)20-8-2-1-3-9-20/h4-5,12,15H,1-3,6-11,13,19H2. The monoisotopic (exact) mass is 291 g/mol. The molecule has 4 heteroatoms. The smallest absolute Gasteiger partial charge is 0.129 e. The van der Waals surface area contributed by atoms with Gasteiger partial charge >= 0.3 is 0 Å². The molecular weight excluding hydrogens is 265 g/mol. The number of hydrogen-bond donors (Lipinski definition) is 1. The van der Waals surface area contributed by atoms with Crippen LogP contribution in [0.5, 0.6) is 0 Å². The maximum absolute atomic E-state index is 13.9. The molecule has 0 unspecified atom stereocenters. The van der Waals surface area contributed by atoms with E-state index >= 15 is 0 Å². The Balaban J connectivity index is 1.58. The molecule has 0 saturated carbocycles. The molecule has 0 atom stereocenters. The van der Waals surface area contributed by atoms with Crippen LogP contribution in [0.25, 0.3) is 0 Å². The van der Waals surface area contributed by atoms with Gasteiger partial charge < -0.3 is 15.5 Å². The summed E-state index contributed by atoms with van der Waals surface area (Å²) < 4.78 is 13.9. The van der Waals surface area contributed by atoms with Gasteiger partial charge in [0.2, 0.25) is 0 Å². The molecule has 2 aliphatic rings. The third-order valence-corrected chi connectivity index (χ3v) is 4.99. The van der Waals surface area contributed by atoms with Crippen LogP contribution < -0.4 is 10.6 Å². The number of hydrogen-bond acceptors (Lipinski definition) is 3. The van der Waals surface area contributed by atoms with E-state index in [1.807, 2.05) is 12.1 Å². The number of nitrogens with two attached hydrogens (primary N) is 1. The number of likely N-dealkylation sites (tertiary alicyclic amines) is 1. The van der Waals surface area contributed by atoms with Gasteiger partial charge in [0.25, 0.3) is 0 Å². The highest BCUT2D eigenvalue weighted by atomic mass is 19.1. The Labute approximate surface area is 126 Å². The van der Waals surface area contributed by atoms with E-state index < -0.39 is 0 Å². The van der Waals surface area contributed by atoms with Crippen molar-refractivity contribution in [3.63, 3.8) is 0 Å². The van der Waals surface area contributed by atoms with Crippen molar-refractivity contribution in [1.82, 2.24) is 4.90 Å². The third-order valence-electron chi connectivity index (χ3n) is 4.99. The van der Waals surface area contributed by atoms with Crippen LogP contribution in [0, 0.1) is 5.82 Å². The van der Waals surface area contributed by atoms with Crippen LogP contribution >= 0.6 is 0 Å². The number of halogens is 1. The molecule has 2 fully saturated rings. The van der Waals surface area contributed by atoms with Crippen molar-refractivity contribution in [2.24, 2.45) is 5.73 Å². The highest BCUT2D eigenvalue weighted by Crippen LogP contribution is 2.25. The van der Waals surface area contributed by atoms with Gasteiger partial charge in [-0.05, 0) is 50.9 Å². The summed E-state index contributed by atoms with van der Waals surface area (Å²) in [5.74, 6) is -0.173. The van der Waals surface area contributed by atoms with E-state index in [0.29, 0.717) is 5.56 Å². The van der Waals surface area contributed by atoms with Gasteiger partial charge in [0.15, 0.2) is 0 Å². The van der Waals surface area contributed by atoms with Gasteiger partial charge in [0.05, 0.1) is 0 Å². The average Bonchev–Trinajstić information content (AvgIpc) is 2.56. The minimum absolute atomic E-state index is 0.173. The van der Waals surface area contributed by atoms with Crippen LogP contribution in [-0.2, 0) is 6.54 Å². The van der Waals surface area contributed by atoms with Crippen LogP contribution in [0.2, 0.25) is 0 Å². The molecule has 3 nitrogen and oxygen atoms in total. The Morgan fingerprint density at radius 1 is 1.05 bits per heavy atom. The molecule has 1 aromatic carbocycles. The fraction of sp³-hybridized carbons (Fsp3) is 0.647. The molecule has 0 aromatic heterocycles. The summed E-state index contributed by atoms with van der Waals surface area (Å²) in [5.41, 5.74) is 7.12. The molecule has 1 aromatic rings. The quantitative estimate of drug-likeness (QED) is 0.929. The zero-order valence-electron chi connectivity index (χ0n) is 12.7. The summed E-state index contributed by atoms with van der Waals surface area (Å²) >= 11 is 0. The van der Waals surface area contributed by atoms with Crippen LogP contribution in [0.15, 0.2) is 18.2 Å². The Morgan fingerprint density at radius 2 is 1.76 bits per heavy atom. The molecule has 2 aliphatic heterocycles. The summed E-state index contributed by atoms with van der Waals surface area (Å²) in [7, 11) is 0. The van der Waals surface area contributed by atoms with E-state index in [-0.39, 0.29) is 12.4 Å². The summed E-state index contributed by atoms with van der Waals surface area (Å²) in [6.45, 7) is 4.86. The second-order valence-corrected chi connectivity index (χ2v) is 6.29. The molecule has 2 saturated heterocycles. The summed E-state index contributed by atoms with van der Waals surface area (Å²) in [6, 6.07) is 6.20. The number of rotatable bonds is 3. The van der Waals surface area contributed by atoms with E-state index in [1.165, 1.54) is 45.2 Å². The first-order valence-electron chi connectivity index (χ1n) is 8.25. The second-order valence-electron chi connectivity index (χ2n) is 6.29. The Bertz CT molecular complexity index is 463. The third kappa shape index (κ3) is 3.38. The predicted octanol–water partition coefficient (Wildman–Crippen LogP) is 2.74. The van der Waals surface area contributed by atoms with Crippen molar-refractivity contribution in [1.29, 1.82) is 0 Å². The lowest BCUT2D eigenvalue weighted by atomic mass is 9.99. The van der Waals surface area contributed by atoms with Crippen molar-refractivity contribution in [3.05, 3.63) is 29.6 Å². The van der Waals surface area contributed by atoms with E-state index in [4.69, 9.17) is 5.73 Å². The summed E-state index contributed by atoms with van der Waals surface area (Å²) in [4.78, 5) is 4.97. The first-order valence-corrected chi connectivity index (χ1v) is 8.25. The topological polar surface area (TPSA) is 32.5 Å². The first kappa shape index (κ1) is 14.8. The molecule has 2 N–H and O–H groups in total. The Morgan fingerprint density at radius 3 is 2.38 bits per heavy atom. The minimum atomic E-state index is -0.173. The molecule has 3 rings (SSSR count). The zero-order chi connectivity index (χ0) is 14.7. The molecule has 21 heavy (non-hydrogen) atoms. The maximum atomic E-state index is 13.9. The van der Waals surface area contributed by atoms with E-state index in [1.54, 1.807) is 6.07 Å². The van der Waals surface area contributed by atoms with E-state index in [0.717, 1.165) is 24.8 Å². The molecule has 2 heterocycles. The van der Waals surface area contributed by atoms with Crippen LogP contribution in [0.1, 0.15) is 37.7 Å². The first-order chi connectivity index (χ1) is 10.3. The van der Waals surface area contributed by atoms with Gasteiger partial charge in [-0.1, -0.05) is 12.5 Å². The average molecular weight is 291 g/mol. The van der Waals surface area contributed by atoms with Crippen LogP contribution in [-0.4, -0.2) is 37.1 Å². The number of benzene rings is 1. The van der Waals surface area contributed by atoms with E-state index in [9.17, 15) is 4.39 Å². The van der Waals surface area contributed by atoms with Gasteiger partial charge in [0, 0.05) is 36.9 Å². The normalized spacial score (nSPS) is 21.7. The molecule has 0 radical (unpaired) electrons. The number of nitrogens with zero attached hydrogens (tertiary/aromatic N) is 2. The summed E-state index contributed by atoms with van der Waals surface area (Å²) in [6.07, 6.45) is 6.49. The van der Waals surface area contributed by atoms with Gasteiger partial charge in [-0.3, -0.25) is 0 Å². The Kier molecular flexibility index (Phi) is 4.76. The maximum Gasteiger partial charge on any atom is 0.129 e. The number of piperidine rings is 2. The number of anilines is 1. The molecule has 0 bridgehead atoms. The zero-order valence-corrected chi connectivity index (χ0v) is 12.7. The van der Waals surface area contributed by atoms with Gasteiger partial charge in [0.1, 0.15) is 5.82 Å². The highest BCUT2D eigenvalue weighted by Gasteiger charge is 2.25. The van der Waals surface area contributed by atoms with Gasteiger partial charge in [-0.2, -0.15) is 0 Å². The lowest BCUT2D eigenvalue weighted by Gasteiger charge is -2.41. The minimum Gasteiger partial charge on any atom is -0.371 e. The van der Waals surface area contributed by atoms with Crippen molar-refractivity contribution in [2.45, 2.75) is 44.7 Å². The SMILES string of the molecule is NCc1ccc(N2CCC(N3CCCCC3)CC2)cc1F. The molecule has 0 spiro atoms. The predicted molar refractivity (Wildman–Crippen MR) is 85.0 cm³/mol. The fourth-order valence-electron chi connectivity index (χ4n) is 3.67. The molecule has 0 aliphatic carbocycles. The second kappa shape index (κ2) is 6.75. The lowest BCUT2D eigenvalue weighted by molar-refractivity contribution is 0.141. The lowest BCUT2D eigenvalue weighted by Crippen LogP contribution is -2.46. The molecule has 0 amide bonds. The van der Waals surface area contributed by atoms with Crippen molar-refractivity contribution >= 4 is 5.69 Å². The van der Waals surface area contributed by atoms with Crippen LogP contribution in [0.3, 0.4) is 0 Å². The van der Waals surface area contributed by atoms with Crippen molar-refractivity contribution in [3.8, 4) is 0 Å².